The molecule has 3 nitrogen and oxygen atoms in total. The van der Waals surface area contributed by atoms with E-state index in [1.54, 1.807) is 0 Å². The predicted octanol–water partition coefficient (Wildman–Crippen LogP) is 5.48. The van der Waals surface area contributed by atoms with Crippen molar-refractivity contribution in [3.63, 3.8) is 0 Å². The van der Waals surface area contributed by atoms with E-state index in [4.69, 9.17) is 9.72 Å². The van der Waals surface area contributed by atoms with Gasteiger partial charge in [-0.3, -0.25) is 0 Å². The van der Waals surface area contributed by atoms with E-state index in [2.05, 4.69) is 46.9 Å². The molecule has 0 aliphatic heterocycles. The summed E-state index contributed by atoms with van der Waals surface area (Å²) in [5.41, 5.74) is 4.23. The molecule has 0 aliphatic carbocycles. The number of H-pyrrole nitrogens is 1. The molecule has 0 aliphatic rings. The monoisotopic (exact) mass is 358 g/mol. The number of aryl methyl sites for hydroxylation is 1. The number of unbranched alkanes of at least 4 members (excludes halogenated alkanes) is 1. The maximum atomic E-state index is 5.93. The van der Waals surface area contributed by atoms with Crippen molar-refractivity contribution in [3.8, 4) is 17.1 Å². The smallest absolute Gasteiger partial charge is 0.142 e. The summed E-state index contributed by atoms with van der Waals surface area (Å²) >= 11 is 3.53. The number of aromatic amines is 1. The average Bonchev–Trinajstić information content (AvgIpc) is 2.91. The van der Waals surface area contributed by atoms with Crippen LogP contribution in [-0.2, 0) is 0 Å². The summed E-state index contributed by atoms with van der Waals surface area (Å²) in [4.78, 5) is 8.10. The molecular formula is C18H19BrN2O. The highest BCUT2D eigenvalue weighted by Gasteiger charge is 2.12. The van der Waals surface area contributed by atoms with Crippen molar-refractivity contribution in [2.75, 3.05) is 6.61 Å². The predicted molar refractivity (Wildman–Crippen MR) is 94.4 cm³/mol. The topological polar surface area (TPSA) is 37.9 Å². The first-order valence-electron chi connectivity index (χ1n) is 7.56. The highest BCUT2D eigenvalue weighted by atomic mass is 79.9. The van der Waals surface area contributed by atoms with Gasteiger partial charge in [0.25, 0.3) is 0 Å². The second-order valence-corrected chi connectivity index (χ2v) is 6.36. The fraction of sp³-hybridized carbons (Fsp3) is 0.278. The van der Waals surface area contributed by atoms with E-state index in [1.807, 2.05) is 24.3 Å². The van der Waals surface area contributed by atoms with Gasteiger partial charge in [-0.15, -0.1) is 0 Å². The van der Waals surface area contributed by atoms with E-state index in [0.29, 0.717) is 0 Å². The molecule has 0 unspecified atom stereocenters. The lowest BCUT2D eigenvalue weighted by atomic mass is 10.2. The van der Waals surface area contributed by atoms with Gasteiger partial charge in [0.2, 0.25) is 0 Å². The molecule has 0 radical (unpaired) electrons. The van der Waals surface area contributed by atoms with Gasteiger partial charge in [-0.05, 0) is 49.2 Å². The first kappa shape index (κ1) is 15.1. The molecule has 3 rings (SSSR count). The van der Waals surface area contributed by atoms with E-state index < -0.39 is 0 Å². The number of aromatic nitrogens is 2. The largest absolute Gasteiger partial charge is 0.493 e. The molecule has 0 bridgehead atoms. The molecule has 0 amide bonds. The number of benzene rings is 2. The van der Waals surface area contributed by atoms with Crippen molar-refractivity contribution in [1.82, 2.24) is 9.97 Å². The Morgan fingerprint density at radius 1 is 1.18 bits per heavy atom. The Labute approximate surface area is 138 Å². The van der Waals surface area contributed by atoms with Crippen LogP contribution in [0.15, 0.2) is 40.9 Å². The fourth-order valence-corrected chi connectivity index (χ4v) is 2.75. The second kappa shape index (κ2) is 6.53. The molecule has 0 saturated heterocycles. The number of nitrogens with one attached hydrogen (secondary N) is 1. The Kier molecular flexibility index (Phi) is 4.48. The number of hydrogen-bond donors (Lipinski definition) is 1. The molecule has 0 atom stereocenters. The highest BCUT2D eigenvalue weighted by molar-refractivity contribution is 9.10. The summed E-state index contributed by atoms with van der Waals surface area (Å²) in [5, 5.41) is 0. The Morgan fingerprint density at radius 2 is 2.05 bits per heavy atom. The Bertz CT molecular complexity index is 795. The number of fused-ring (bicyclic) bond motifs is 1. The zero-order valence-electron chi connectivity index (χ0n) is 12.8. The van der Waals surface area contributed by atoms with Crippen molar-refractivity contribution >= 4 is 27.0 Å². The second-order valence-electron chi connectivity index (χ2n) is 5.45. The van der Waals surface area contributed by atoms with E-state index in [0.717, 1.165) is 52.1 Å². The third kappa shape index (κ3) is 3.17. The van der Waals surface area contributed by atoms with Crippen LogP contribution in [0.1, 0.15) is 25.3 Å². The van der Waals surface area contributed by atoms with Gasteiger partial charge in [0.05, 0.1) is 23.2 Å². The van der Waals surface area contributed by atoms with Gasteiger partial charge in [-0.1, -0.05) is 35.3 Å². The lowest BCUT2D eigenvalue weighted by Gasteiger charge is -2.10. The zero-order chi connectivity index (χ0) is 15.5. The Morgan fingerprint density at radius 3 is 2.86 bits per heavy atom. The molecule has 22 heavy (non-hydrogen) atoms. The third-order valence-corrected chi connectivity index (χ3v) is 4.08. The van der Waals surface area contributed by atoms with Crippen molar-refractivity contribution in [2.45, 2.75) is 26.7 Å². The SMILES string of the molecule is CCCCOc1ccc(Br)cc1-c1nc2ccc(C)cc2[nH]1. The minimum absolute atomic E-state index is 0.727. The number of imidazole rings is 1. The Balaban J connectivity index is 2.02. The molecule has 4 heteroatoms. The molecular weight excluding hydrogens is 340 g/mol. The van der Waals surface area contributed by atoms with Crippen LogP contribution in [-0.4, -0.2) is 16.6 Å². The van der Waals surface area contributed by atoms with Crippen molar-refractivity contribution in [2.24, 2.45) is 0 Å². The number of hydrogen-bond acceptors (Lipinski definition) is 2. The van der Waals surface area contributed by atoms with Gasteiger partial charge in [-0.2, -0.15) is 0 Å². The molecule has 0 spiro atoms. The van der Waals surface area contributed by atoms with Crippen LogP contribution in [0.4, 0.5) is 0 Å². The molecule has 1 N–H and O–H groups in total. The summed E-state index contributed by atoms with van der Waals surface area (Å²) in [6, 6.07) is 12.3. The first-order valence-corrected chi connectivity index (χ1v) is 8.36. The lowest BCUT2D eigenvalue weighted by molar-refractivity contribution is 0.310. The van der Waals surface area contributed by atoms with Gasteiger partial charge < -0.3 is 9.72 Å². The normalized spacial score (nSPS) is 11.0. The van der Waals surface area contributed by atoms with Crippen LogP contribution >= 0.6 is 15.9 Å². The summed E-state index contributed by atoms with van der Waals surface area (Å²) in [7, 11) is 0. The number of halogens is 1. The van der Waals surface area contributed by atoms with Crippen LogP contribution in [0.25, 0.3) is 22.4 Å². The maximum Gasteiger partial charge on any atom is 0.142 e. The summed E-state index contributed by atoms with van der Waals surface area (Å²) in [6.45, 7) is 4.97. The highest BCUT2D eigenvalue weighted by Crippen LogP contribution is 2.32. The van der Waals surface area contributed by atoms with Gasteiger partial charge in [0.15, 0.2) is 0 Å². The van der Waals surface area contributed by atoms with Crippen LogP contribution in [0.3, 0.4) is 0 Å². The standard InChI is InChI=1S/C18H19BrN2O/c1-3-4-9-22-17-8-6-13(19)11-14(17)18-20-15-7-5-12(2)10-16(15)21-18/h5-8,10-11H,3-4,9H2,1-2H3,(H,20,21). The van der Waals surface area contributed by atoms with Crippen LogP contribution in [0.5, 0.6) is 5.75 Å². The number of nitrogens with zero attached hydrogens (tertiary/aromatic N) is 1. The summed E-state index contributed by atoms with van der Waals surface area (Å²) < 4.78 is 6.94. The van der Waals surface area contributed by atoms with Crippen molar-refractivity contribution < 1.29 is 4.74 Å². The van der Waals surface area contributed by atoms with Crippen LogP contribution < -0.4 is 4.74 Å². The summed E-state index contributed by atoms with van der Waals surface area (Å²) in [6.07, 6.45) is 2.17. The molecule has 1 aromatic heterocycles. The van der Waals surface area contributed by atoms with Crippen LogP contribution in [0.2, 0.25) is 0 Å². The van der Waals surface area contributed by atoms with Crippen molar-refractivity contribution in [1.29, 1.82) is 0 Å². The van der Waals surface area contributed by atoms with E-state index in [9.17, 15) is 0 Å². The third-order valence-electron chi connectivity index (χ3n) is 3.59. The molecule has 3 aromatic rings. The molecule has 0 fully saturated rings. The van der Waals surface area contributed by atoms with Crippen molar-refractivity contribution in [3.05, 3.63) is 46.4 Å². The van der Waals surface area contributed by atoms with Gasteiger partial charge in [0.1, 0.15) is 11.6 Å². The summed E-state index contributed by atoms with van der Waals surface area (Å²) in [5.74, 6) is 1.71. The van der Waals surface area contributed by atoms with Gasteiger partial charge in [-0.25, -0.2) is 4.98 Å². The maximum absolute atomic E-state index is 5.93. The average molecular weight is 359 g/mol. The molecule has 0 saturated carbocycles. The van der Waals surface area contributed by atoms with Gasteiger partial charge >= 0.3 is 0 Å². The van der Waals surface area contributed by atoms with E-state index in [-0.39, 0.29) is 0 Å². The zero-order valence-corrected chi connectivity index (χ0v) is 14.4. The minimum Gasteiger partial charge on any atom is -0.493 e. The van der Waals surface area contributed by atoms with E-state index in [1.165, 1.54) is 5.56 Å². The van der Waals surface area contributed by atoms with Crippen LogP contribution in [0, 0.1) is 6.92 Å². The Hall–Kier alpha value is -1.81. The van der Waals surface area contributed by atoms with E-state index >= 15 is 0 Å². The molecule has 1 heterocycles. The first-order chi connectivity index (χ1) is 10.7. The number of rotatable bonds is 5. The minimum atomic E-state index is 0.727. The quantitative estimate of drug-likeness (QED) is 0.613. The molecule has 2 aromatic carbocycles. The lowest BCUT2D eigenvalue weighted by Crippen LogP contribution is -1.98. The van der Waals surface area contributed by atoms with Gasteiger partial charge in [0, 0.05) is 4.47 Å². The fourth-order valence-electron chi connectivity index (χ4n) is 2.39. The number of ether oxygens (including phenoxy) is 1. The molecule has 114 valence electrons.